The lowest BCUT2D eigenvalue weighted by atomic mass is 10.1. The quantitative estimate of drug-likeness (QED) is 0.745. The van der Waals surface area contributed by atoms with Crippen LogP contribution in [-0.2, 0) is 6.42 Å². The molecule has 0 aliphatic carbocycles. The molecule has 1 aromatic heterocycles. The molecule has 1 aliphatic rings. The summed E-state index contributed by atoms with van der Waals surface area (Å²) in [4.78, 5) is 0. The molecule has 0 saturated heterocycles. The molecule has 2 aromatic rings. The van der Waals surface area contributed by atoms with Crippen LogP contribution in [0.1, 0.15) is 5.56 Å². The molecular formula is C11H10FN3. The van der Waals surface area contributed by atoms with Gasteiger partial charge >= 0.3 is 0 Å². The number of anilines is 1. The summed E-state index contributed by atoms with van der Waals surface area (Å²) in [6, 6.07) is 6.74. The number of fused-ring (bicyclic) bond motifs is 1. The van der Waals surface area contributed by atoms with Crippen LogP contribution in [0.2, 0.25) is 0 Å². The van der Waals surface area contributed by atoms with Crippen LogP contribution in [0.25, 0.3) is 11.3 Å². The van der Waals surface area contributed by atoms with Crippen molar-refractivity contribution in [2.24, 2.45) is 0 Å². The Labute approximate surface area is 86.3 Å². The van der Waals surface area contributed by atoms with E-state index < -0.39 is 0 Å². The Kier molecular flexibility index (Phi) is 1.74. The maximum Gasteiger partial charge on any atom is 0.151 e. The van der Waals surface area contributed by atoms with E-state index in [0.29, 0.717) is 5.56 Å². The highest BCUT2D eigenvalue weighted by Gasteiger charge is 2.20. The molecule has 2 heterocycles. The molecule has 0 saturated carbocycles. The van der Waals surface area contributed by atoms with E-state index in [9.17, 15) is 4.39 Å². The van der Waals surface area contributed by atoms with Crippen LogP contribution in [0, 0.1) is 5.82 Å². The van der Waals surface area contributed by atoms with Crippen molar-refractivity contribution in [2.75, 3.05) is 11.9 Å². The number of aromatic amines is 1. The van der Waals surface area contributed by atoms with Crippen LogP contribution in [0.4, 0.5) is 10.2 Å². The zero-order valence-corrected chi connectivity index (χ0v) is 8.05. The van der Waals surface area contributed by atoms with Crippen molar-refractivity contribution >= 4 is 5.82 Å². The molecule has 3 rings (SSSR count). The summed E-state index contributed by atoms with van der Waals surface area (Å²) < 4.78 is 13.6. The number of hydrogen-bond acceptors (Lipinski definition) is 2. The van der Waals surface area contributed by atoms with Gasteiger partial charge in [-0.25, -0.2) is 4.39 Å². The van der Waals surface area contributed by atoms with Gasteiger partial charge in [-0.3, -0.25) is 5.10 Å². The largest absolute Gasteiger partial charge is 0.368 e. The van der Waals surface area contributed by atoms with Crippen LogP contribution < -0.4 is 5.32 Å². The number of nitrogens with zero attached hydrogens (tertiary/aromatic N) is 1. The van der Waals surface area contributed by atoms with Crippen LogP contribution in [0.3, 0.4) is 0 Å². The van der Waals surface area contributed by atoms with Gasteiger partial charge in [-0.2, -0.15) is 5.10 Å². The van der Waals surface area contributed by atoms with Gasteiger partial charge in [0.2, 0.25) is 0 Å². The number of rotatable bonds is 1. The second kappa shape index (κ2) is 3.08. The summed E-state index contributed by atoms with van der Waals surface area (Å²) in [5.41, 5.74) is 2.48. The highest BCUT2D eigenvalue weighted by Crippen LogP contribution is 2.31. The molecule has 3 nitrogen and oxygen atoms in total. The fraction of sp³-hybridized carbons (Fsp3) is 0.182. The average molecular weight is 203 g/mol. The van der Waals surface area contributed by atoms with E-state index in [4.69, 9.17) is 0 Å². The maximum atomic E-state index is 13.6. The molecular weight excluding hydrogens is 193 g/mol. The predicted octanol–water partition coefficient (Wildman–Crippen LogP) is 2.18. The molecule has 0 radical (unpaired) electrons. The summed E-state index contributed by atoms with van der Waals surface area (Å²) in [6.45, 7) is 0.883. The third-order valence-corrected chi connectivity index (χ3v) is 2.68. The second-order valence-corrected chi connectivity index (χ2v) is 3.58. The molecule has 1 aromatic carbocycles. The van der Waals surface area contributed by atoms with E-state index in [1.165, 1.54) is 6.07 Å². The van der Waals surface area contributed by atoms with Gasteiger partial charge in [0.1, 0.15) is 5.82 Å². The monoisotopic (exact) mass is 203 g/mol. The van der Waals surface area contributed by atoms with Gasteiger partial charge in [-0.05, 0) is 18.6 Å². The fourth-order valence-corrected chi connectivity index (χ4v) is 1.95. The molecule has 15 heavy (non-hydrogen) atoms. The number of nitrogens with one attached hydrogen (secondary N) is 2. The van der Waals surface area contributed by atoms with Crippen LogP contribution in [0.5, 0.6) is 0 Å². The van der Waals surface area contributed by atoms with E-state index in [-0.39, 0.29) is 5.82 Å². The molecule has 0 unspecified atom stereocenters. The van der Waals surface area contributed by atoms with Crippen molar-refractivity contribution in [3.05, 3.63) is 35.6 Å². The minimum Gasteiger partial charge on any atom is -0.368 e. The van der Waals surface area contributed by atoms with Gasteiger partial charge in [0.25, 0.3) is 0 Å². The Hall–Kier alpha value is -1.84. The lowest BCUT2D eigenvalue weighted by molar-refractivity contribution is 0.630. The first-order valence-electron chi connectivity index (χ1n) is 4.92. The highest BCUT2D eigenvalue weighted by atomic mass is 19.1. The second-order valence-electron chi connectivity index (χ2n) is 3.58. The van der Waals surface area contributed by atoms with Crippen LogP contribution in [-0.4, -0.2) is 16.7 Å². The summed E-state index contributed by atoms with van der Waals surface area (Å²) in [5.74, 6) is 0.643. The molecule has 0 spiro atoms. The lowest BCUT2D eigenvalue weighted by Crippen LogP contribution is -1.95. The van der Waals surface area contributed by atoms with E-state index in [1.54, 1.807) is 12.1 Å². The lowest BCUT2D eigenvalue weighted by Gasteiger charge is -2.01. The average Bonchev–Trinajstić information content (AvgIpc) is 2.80. The molecule has 2 N–H and O–H groups in total. The number of H-pyrrole nitrogens is 1. The first-order chi connectivity index (χ1) is 7.36. The SMILES string of the molecule is Fc1ccccc1-c1[nH]nc2c1CCN2. The Morgan fingerprint density at radius 3 is 3.00 bits per heavy atom. The van der Waals surface area contributed by atoms with Crippen molar-refractivity contribution < 1.29 is 4.39 Å². The third kappa shape index (κ3) is 1.21. The van der Waals surface area contributed by atoms with Gasteiger partial charge < -0.3 is 5.32 Å². The summed E-state index contributed by atoms with van der Waals surface area (Å²) >= 11 is 0. The summed E-state index contributed by atoms with van der Waals surface area (Å²) in [6.07, 6.45) is 0.898. The molecule has 4 heteroatoms. The van der Waals surface area contributed by atoms with Crippen LogP contribution >= 0.6 is 0 Å². The predicted molar refractivity (Wildman–Crippen MR) is 56.2 cm³/mol. The number of aromatic nitrogens is 2. The summed E-state index contributed by atoms with van der Waals surface area (Å²) in [7, 11) is 0. The van der Waals surface area contributed by atoms with Gasteiger partial charge in [0.15, 0.2) is 5.82 Å². The van der Waals surface area contributed by atoms with Gasteiger partial charge in [-0.1, -0.05) is 12.1 Å². The normalized spacial score (nSPS) is 13.7. The van der Waals surface area contributed by atoms with Crippen molar-refractivity contribution in [3.8, 4) is 11.3 Å². The standard InChI is InChI=1S/C11H10FN3/c12-9-4-2-1-3-7(9)10-8-5-6-13-11(8)15-14-10/h1-4H,5-6H2,(H2,13,14,15). The third-order valence-electron chi connectivity index (χ3n) is 2.68. The Morgan fingerprint density at radius 1 is 1.27 bits per heavy atom. The zero-order chi connectivity index (χ0) is 10.3. The van der Waals surface area contributed by atoms with Crippen molar-refractivity contribution in [1.82, 2.24) is 10.2 Å². The van der Waals surface area contributed by atoms with Gasteiger partial charge in [0, 0.05) is 17.7 Å². The first-order valence-corrected chi connectivity index (χ1v) is 4.92. The van der Waals surface area contributed by atoms with Crippen molar-refractivity contribution in [1.29, 1.82) is 0 Å². The van der Waals surface area contributed by atoms with Crippen LogP contribution in [0.15, 0.2) is 24.3 Å². The number of benzene rings is 1. The maximum absolute atomic E-state index is 13.6. The Balaban J connectivity index is 2.17. The molecule has 0 fully saturated rings. The zero-order valence-electron chi connectivity index (χ0n) is 8.05. The Bertz CT molecular complexity index is 504. The van der Waals surface area contributed by atoms with E-state index in [0.717, 1.165) is 30.0 Å². The van der Waals surface area contributed by atoms with Gasteiger partial charge in [-0.15, -0.1) is 0 Å². The smallest absolute Gasteiger partial charge is 0.151 e. The Morgan fingerprint density at radius 2 is 2.13 bits per heavy atom. The van der Waals surface area contributed by atoms with Crippen molar-refractivity contribution in [2.45, 2.75) is 6.42 Å². The van der Waals surface area contributed by atoms with E-state index in [2.05, 4.69) is 15.5 Å². The van der Waals surface area contributed by atoms with E-state index >= 15 is 0 Å². The molecule has 0 atom stereocenters. The van der Waals surface area contributed by atoms with Crippen molar-refractivity contribution in [3.63, 3.8) is 0 Å². The highest BCUT2D eigenvalue weighted by molar-refractivity contribution is 5.71. The molecule has 0 amide bonds. The summed E-state index contributed by atoms with van der Waals surface area (Å²) in [5, 5.41) is 10.1. The molecule has 76 valence electrons. The molecule has 1 aliphatic heterocycles. The topological polar surface area (TPSA) is 40.7 Å². The first kappa shape index (κ1) is 8.47. The number of halogens is 1. The minimum absolute atomic E-state index is 0.212. The van der Waals surface area contributed by atoms with Gasteiger partial charge in [0.05, 0.1) is 5.69 Å². The van der Waals surface area contributed by atoms with E-state index in [1.807, 2.05) is 6.07 Å². The minimum atomic E-state index is -0.212. The molecule has 0 bridgehead atoms. The number of hydrogen-bond donors (Lipinski definition) is 2. The fourth-order valence-electron chi connectivity index (χ4n) is 1.95.